The zero-order valence-electron chi connectivity index (χ0n) is 31.3. The quantitative estimate of drug-likeness (QED) is 0.0748. The number of nitrogens with zero attached hydrogens (tertiary/aromatic N) is 4. The molecule has 1 N–H and O–H groups in total. The minimum atomic E-state index is -5.16. The molecule has 2 unspecified atom stereocenters. The van der Waals surface area contributed by atoms with Crippen LogP contribution in [0, 0.1) is 28.8 Å². The van der Waals surface area contributed by atoms with Crippen LogP contribution in [-0.2, 0) is 58.2 Å². The van der Waals surface area contributed by atoms with Gasteiger partial charge in [0.2, 0.25) is 0 Å². The number of allylic oxidation sites excluding steroid dienone is 2. The first-order valence-electron chi connectivity index (χ1n) is 17.1. The number of hydrogen-bond donors (Lipinski definition) is 1. The Bertz CT molecular complexity index is 2220. The van der Waals surface area contributed by atoms with E-state index in [0.717, 1.165) is 36.9 Å². The molecule has 1 aliphatic heterocycles. The van der Waals surface area contributed by atoms with Crippen molar-refractivity contribution in [2.24, 2.45) is 0 Å². The average molecular weight is 851 g/mol. The normalized spacial score (nSPS) is 18.1. The minimum absolute atomic E-state index is 0. The van der Waals surface area contributed by atoms with E-state index in [0.29, 0.717) is 12.5 Å². The molecule has 58 heavy (non-hydrogen) atoms. The number of thioether (sulfide) groups is 1. The third-order valence-electron chi connectivity index (χ3n) is 8.46. The molecule has 1 aromatic heterocycles. The van der Waals surface area contributed by atoms with Crippen molar-refractivity contribution in [1.82, 2.24) is 14.8 Å². The monoisotopic (exact) mass is 850 g/mol. The van der Waals surface area contributed by atoms with Crippen LogP contribution < -0.4 is 34.5 Å². The maximum Gasteiger partial charge on any atom is 1.00 e. The molecule has 0 bridgehead atoms. The molecule has 5 rings (SSSR count). The van der Waals surface area contributed by atoms with Crippen molar-refractivity contribution in [3.05, 3.63) is 136 Å². The summed E-state index contributed by atoms with van der Waals surface area (Å²) in [6, 6.07) is 12.7. The van der Waals surface area contributed by atoms with Crippen LogP contribution in [0.2, 0.25) is 0 Å². The Morgan fingerprint density at radius 3 is 2.62 bits per heavy atom. The molecule has 0 spiro atoms. The van der Waals surface area contributed by atoms with Crippen LogP contribution in [0.3, 0.4) is 0 Å². The van der Waals surface area contributed by atoms with E-state index in [1.807, 2.05) is 6.07 Å². The SMILES string of the molecule is CC(=O)OCc1ccc(COP(=O)([O-])O)cc1C(=O)O[C@@](Cn1cncn1)(c1ccc(F)cc1F)[C@@H](C)SC1CCO[C@H](/C=C/C=C/c2ccc(C#N)cc2F)O1.[Na+]. The number of esters is 2. The van der Waals surface area contributed by atoms with Crippen LogP contribution in [0.15, 0.2) is 85.5 Å². The number of rotatable bonds is 16. The summed E-state index contributed by atoms with van der Waals surface area (Å²) in [7, 11) is -5.16. The number of ether oxygens (including phenoxy) is 4. The second-order valence-electron chi connectivity index (χ2n) is 12.5. The molecule has 2 heterocycles. The molecule has 1 aliphatic rings. The second-order valence-corrected chi connectivity index (χ2v) is 15.2. The van der Waals surface area contributed by atoms with Crippen molar-refractivity contribution in [3.63, 3.8) is 0 Å². The topological polar surface area (TPSA) is 195 Å². The molecule has 300 valence electrons. The maximum absolute atomic E-state index is 16.0. The third-order valence-corrected chi connectivity index (χ3v) is 10.4. The number of phosphoric acid groups is 1. The summed E-state index contributed by atoms with van der Waals surface area (Å²) in [5, 5.41) is 12.2. The molecule has 20 heteroatoms. The van der Waals surface area contributed by atoms with E-state index in [2.05, 4.69) is 14.6 Å². The Morgan fingerprint density at radius 1 is 1.16 bits per heavy atom. The van der Waals surface area contributed by atoms with E-state index in [4.69, 9.17) is 29.1 Å². The van der Waals surface area contributed by atoms with Crippen LogP contribution in [0.5, 0.6) is 0 Å². The van der Waals surface area contributed by atoms with E-state index in [1.165, 1.54) is 53.7 Å². The van der Waals surface area contributed by atoms with Crippen molar-refractivity contribution in [1.29, 1.82) is 5.26 Å². The molecule has 0 radical (unpaired) electrons. The fourth-order valence-corrected chi connectivity index (χ4v) is 7.34. The molecular formula is C38H35F3N4NaO10PS. The first-order valence-corrected chi connectivity index (χ1v) is 19.5. The number of hydrogen-bond acceptors (Lipinski definition) is 13. The van der Waals surface area contributed by atoms with Gasteiger partial charge in [-0.25, -0.2) is 27.6 Å². The van der Waals surface area contributed by atoms with Gasteiger partial charge in [0, 0.05) is 36.1 Å². The van der Waals surface area contributed by atoms with Crippen molar-refractivity contribution in [3.8, 4) is 6.07 Å². The van der Waals surface area contributed by atoms with E-state index < -0.39 is 73.0 Å². The van der Waals surface area contributed by atoms with Gasteiger partial charge in [0.05, 0.1) is 42.2 Å². The van der Waals surface area contributed by atoms with Crippen LogP contribution >= 0.6 is 19.6 Å². The summed E-state index contributed by atoms with van der Waals surface area (Å²) in [6.07, 6.45) is 8.24. The van der Waals surface area contributed by atoms with E-state index in [-0.39, 0.29) is 76.1 Å². The standard InChI is InChI=1S/C38H36F3N4O10PS.Na/c1-24(57-36-13-14-51-35(54-36)6-4-3-5-28-9-7-26(18-42)16-33(28)40)38(21-45-23-43-22-44-45,32-12-11-30(39)17-34(32)41)55-37(47)31-15-27(19-53-56(48,49)50)8-10-29(31)20-52-25(2)46;/h3-12,15-17,22-24,35-36H,13-14,19-21H2,1-2H3,(H2,48,49,50);/q;+1/p-1/b5-3+,6-4+;/t24-,35+,36?,38-;/m1./s1. The molecule has 1 saturated heterocycles. The smallest absolute Gasteiger partial charge is 0.756 e. The summed E-state index contributed by atoms with van der Waals surface area (Å²) in [5.41, 5.74) is -2.41. The summed E-state index contributed by atoms with van der Waals surface area (Å²) >= 11 is 1.16. The van der Waals surface area contributed by atoms with Gasteiger partial charge < -0.3 is 33.3 Å². The van der Waals surface area contributed by atoms with Crippen molar-refractivity contribution < 1.29 is 90.1 Å². The number of aromatic nitrogens is 3. The number of carbonyl (C=O) groups excluding carboxylic acids is 2. The van der Waals surface area contributed by atoms with E-state index >= 15 is 4.39 Å². The number of halogens is 3. The van der Waals surface area contributed by atoms with Crippen LogP contribution in [0.1, 0.15) is 58.4 Å². The van der Waals surface area contributed by atoms with Gasteiger partial charge in [-0.3, -0.25) is 9.36 Å². The fraction of sp³-hybridized carbons (Fsp3) is 0.289. The van der Waals surface area contributed by atoms with Crippen LogP contribution in [0.25, 0.3) is 6.08 Å². The summed E-state index contributed by atoms with van der Waals surface area (Å²) < 4.78 is 85.1. The van der Waals surface area contributed by atoms with Gasteiger partial charge in [0.15, 0.2) is 11.9 Å². The first-order chi connectivity index (χ1) is 27.2. The molecule has 4 aromatic rings. The van der Waals surface area contributed by atoms with Crippen LogP contribution in [-0.4, -0.2) is 55.2 Å². The van der Waals surface area contributed by atoms with Crippen molar-refractivity contribution >= 4 is 37.6 Å². The van der Waals surface area contributed by atoms with Gasteiger partial charge in [-0.15, -0.1) is 11.8 Å². The molecule has 5 atom stereocenters. The van der Waals surface area contributed by atoms with E-state index in [1.54, 1.807) is 25.2 Å². The molecular weight excluding hydrogens is 815 g/mol. The van der Waals surface area contributed by atoms with Gasteiger partial charge in [0.1, 0.15) is 42.1 Å². The third kappa shape index (κ3) is 12.9. The fourth-order valence-electron chi connectivity index (χ4n) is 5.70. The molecule has 1 fully saturated rings. The number of nitriles is 1. The predicted molar refractivity (Wildman–Crippen MR) is 196 cm³/mol. The van der Waals surface area contributed by atoms with Gasteiger partial charge in [-0.2, -0.15) is 10.4 Å². The Kier molecular flexibility index (Phi) is 17.0. The number of benzene rings is 3. The molecule has 0 saturated carbocycles. The van der Waals surface area contributed by atoms with Crippen molar-refractivity contribution in [2.45, 2.75) is 62.6 Å². The Balaban J connectivity index is 0.00000744. The Hall–Kier alpha value is -4.12. The average Bonchev–Trinajstić information content (AvgIpc) is 3.68. The molecule has 0 amide bonds. The summed E-state index contributed by atoms with van der Waals surface area (Å²) in [5.74, 6) is -4.27. The zero-order valence-corrected chi connectivity index (χ0v) is 35.0. The second kappa shape index (κ2) is 21.2. The number of carbonyl (C=O) groups is 2. The van der Waals surface area contributed by atoms with Gasteiger partial charge in [-0.05, 0) is 48.9 Å². The predicted octanol–water partition coefficient (Wildman–Crippen LogP) is 2.84. The minimum Gasteiger partial charge on any atom is -0.756 e. The van der Waals surface area contributed by atoms with Gasteiger partial charge in [-0.1, -0.05) is 36.4 Å². The summed E-state index contributed by atoms with van der Waals surface area (Å²) in [6.45, 7) is 1.60. The van der Waals surface area contributed by atoms with Gasteiger partial charge in [0.25, 0.3) is 7.82 Å². The molecule has 3 aromatic carbocycles. The largest absolute Gasteiger partial charge is 1.00 e. The maximum atomic E-state index is 16.0. The molecule has 0 aliphatic carbocycles. The zero-order chi connectivity index (χ0) is 41.2. The first kappa shape index (κ1) is 46.6. The number of phosphoric ester groups is 1. The Labute approximate surface area is 357 Å². The van der Waals surface area contributed by atoms with Gasteiger partial charge >= 0.3 is 41.5 Å². The van der Waals surface area contributed by atoms with E-state index in [9.17, 15) is 27.8 Å². The van der Waals surface area contributed by atoms with Crippen molar-refractivity contribution in [2.75, 3.05) is 6.61 Å². The Morgan fingerprint density at radius 2 is 1.95 bits per heavy atom. The summed E-state index contributed by atoms with van der Waals surface area (Å²) in [4.78, 5) is 50.5. The molecule has 14 nitrogen and oxygen atoms in total. The van der Waals surface area contributed by atoms with Crippen LogP contribution in [0.4, 0.5) is 13.2 Å².